The van der Waals surface area contributed by atoms with E-state index in [0.717, 1.165) is 10.5 Å². The van der Waals surface area contributed by atoms with Gasteiger partial charge in [-0.2, -0.15) is 0 Å². The summed E-state index contributed by atoms with van der Waals surface area (Å²) in [5.41, 5.74) is -0.405. The molecule has 0 bridgehead atoms. The molecular weight excluding hydrogens is 449 g/mol. The topological polar surface area (TPSA) is 37.3 Å². The van der Waals surface area contributed by atoms with E-state index in [0.29, 0.717) is 0 Å². The normalized spacial score (nSPS) is 9.47. The summed E-state index contributed by atoms with van der Waals surface area (Å²) in [6.45, 7) is 0. The van der Waals surface area contributed by atoms with Crippen molar-refractivity contribution in [3.8, 4) is 0 Å². The lowest BCUT2D eigenvalue weighted by atomic mass is 10.2. The van der Waals surface area contributed by atoms with E-state index in [4.69, 9.17) is 16.7 Å². The summed E-state index contributed by atoms with van der Waals surface area (Å²) < 4.78 is 15.1. The summed E-state index contributed by atoms with van der Waals surface area (Å²) in [5, 5.41) is 8.22. The van der Waals surface area contributed by atoms with Crippen molar-refractivity contribution in [3.05, 3.63) is 66.9 Å². The number of benzene rings is 2. The third-order valence-electron chi connectivity index (χ3n) is 1.99. The van der Waals surface area contributed by atoms with Gasteiger partial charge in [-0.15, -0.1) is 0 Å². The molecule has 6 heteroatoms. The van der Waals surface area contributed by atoms with E-state index in [1.165, 1.54) is 15.7 Å². The van der Waals surface area contributed by atoms with Crippen molar-refractivity contribution in [2.75, 3.05) is 0 Å². The van der Waals surface area contributed by atoms with Crippen molar-refractivity contribution in [2.45, 2.75) is 0 Å². The van der Waals surface area contributed by atoms with E-state index >= 15 is 0 Å². The Balaban J connectivity index is 0.000000200. The lowest BCUT2D eigenvalue weighted by Gasteiger charge is -1.96. The van der Waals surface area contributed by atoms with Gasteiger partial charge >= 0.3 is 5.97 Å². The van der Waals surface area contributed by atoms with E-state index in [1.807, 2.05) is 12.1 Å². The number of hydrogen-bond acceptors (Lipinski definition) is 1. The number of hydrogen-bond donors (Lipinski definition) is 1. The second-order valence-electron chi connectivity index (χ2n) is 3.34. The van der Waals surface area contributed by atoms with Crippen molar-refractivity contribution >= 4 is 56.1 Å². The van der Waals surface area contributed by atoms with Crippen LogP contribution in [0.15, 0.2) is 46.9 Å². The largest absolute Gasteiger partial charge is 0.478 e. The summed E-state index contributed by atoms with van der Waals surface area (Å²) in [5.74, 6) is -2.20. The molecule has 0 atom stereocenters. The number of halogens is 4. The minimum Gasteiger partial charge on any atom is -0.478 e. The summed E-state index contributed by atoms with van der Waals surface area (Å²) >= 11 is 10.9. The molecule has 0 amide bonds. The molecule has 2 nitrogen and oxygen atoms in total. The van der Waals surface area contributed by atoms with E-state index in [2.05, 4.69) is 50.7 Å². The van der Waals surface area contributed by atoms with Crippen LogP contribution in [0.3, 0.4) is 0 Å². The third kappa shape index (κ3) is 5.46. The summed E-state index contributed by atoms with van der Waals surface area (Å²) in [7, 11) is 0. The first-order chi connectivity index (χ1) is 8.91. The summed E-state index contributed by atoms with van der Waals surface area (Å²) in [4.78, 5) is 10.3. The van der Waals surface area contributed by atoms with Gasteiger partial charge in [-0.3, -0.25) is 0 Å². The van der Waals surface area contributed by atoms with Crippen molar-refractivity contribution in [3.63, 3.8) is 0 Å². The Kier molecular flexibility index (Phi) is 6.74. The van der Waals surface area contributed by atoms with Gasteiger partial charge in [0.05, 0.1) is 10.6 Å². The highest BCUT2D eigenvalue weighted by atomic mass is 127. The van der Waals surface area contributed by atoms with E-state index in [1.54, 1.807) is 0 Å². The minimum absolute atomic E-state index is 0.176. The maximum Gasteiger partial charge on any atom is 0.338 e. The Hall–Kier alpha value is -0.660. The van der Waals surface area contributed by atoms with E-state index in [-0.39, 0.29) is 5.02 Å². The zero-order valence-corrected chi connectivity index (χ0v) is 13.9. The average Bonchev–Trinajstić information content (AvgIpc) is 2.37. The Labute approximate surface area is 136 Å². The first kappa shape index (κ1) is 16.4. The van der Waals surface area contributed by atoms with Gasteiger partial charge in [0.1, 0.15) is 0 Å². The second-order valence-corrected chi connectivity index (χ2v) is 5.91. The van der Waals surface area contributed by atoms with Crippen LogP contribution in [0.25, 0.3) is 0 Å². The fourth-order valence-corrected chi connectivity index (χ4v) is 1.90. The van der Waals surface area contributed by atoms with Crippen LogP contribution in [0.5, 0.6) is 0 Å². The Bertz CT molecular complexity index is 554. The second kappa shape index (κ2) is 7.81. The molecule has 0 radical (unpaired) electrons. The molecule has 1 N–H and O–H groups in total. The molecule has 0 saturated carbocycles. The minimum atomic E-state index is -1.31. The maximum absolute atomic E-state index is 12.7. The molecule has 0 spiro atoms. The first-order valence-electron chi connectivity index (χ1n) is 5.00. The van der Waals surface area contributed by atoms with Crippen LogP contribution in [0.4, 0.5) is 4.39 Å². The third-order valence-corrected chi connectivity index (χ3v) is 3.53. The smallest absolute Gasteiger partial charge is 0.338 e. The van der Waals surface area contributed by atoms with Gasteiger partial charge in [-0.05, 0) is 59.0 Å². The van der Waals surface area contributed by atoms with Gasteiger partial charge in [0.25, 0.3) is 0 Å². The van der Waals surface area contributed by atoms with Crippen molar-refractivity contribution < 1.29 is 14.3 Å². The fourth-order valence-electron chi connectivity index (χ4n) is 1.10. The standard InChI is InChI=1S/C7H4ClFO2.C6H4BrI/c8-5-3-1-2-4(6(5)9)7(10)11;7-5-1-3-6(8)4-2-5/h1-3H,(H,10,11);1-4H. The van der Waals surface area contributed by atoms with Gasteiger partial charge in [0, 0.05) is 8.04 Å². The molecule has 0 aliphatic heterocycles. The summed E-state index contributed by atoms with van der Waals surface area (Å²) in [6, 6.07) is 12.0. The Morgan fingerprint density at radius 2 is 1.79 bits per heavy atom. The number of aromatic carboxylic acids is 1. The van der Waals surface area contributed by atoms with Crippen molar-refractivity contribution in [1.29, 1.82) is 0 Å². The highest BCUT2D eigenvalue weighted by Gasteiger charge is 2.11. The van der Waals surface area contributed by atoms with Crippen LogP contribution >= 0.6 is 50.1 Å². The molecule has 2 aromatic carbocycles. The molecule has 0 unspecified atom stereocenters. The van der Waals surface area contributed by atoms with Crippen LogP contribution < -0.4 is 0 Å². The van der Waals surface area contributed by atoms with Crippen LogP contribution in [-0.4, -0.2) is 11.1 Å². The zero-order chi connectivity index (χ0) is 14.4. The average molecular weight is 457 g/mol. The molecule has 0 aliphatic rings. The molecule has 0 aliphatic carbocycles. The molecule has 0 saturated heterocycles. The molecule has 0 aromatic heterocycles. The molecule has 19 heavy (non-hydrogen) atoms. The number of rotatable bonds is 1. The number of carboxylic acid groups (broad SMARTS) is 1. The first-order valence-corrected chi connectivity index (χ1v) is 7.25. The van der Waals surface area contributed by atoms with Crippen LogP contribution in [0.2, 0.25) is 5.02 Å². The summed E-state index contributed by atoms with van der Waals surface area (Å²) in [6.07, 6.45) is 0. The van der Waals surface area contributed by atoms with E-state index in [9.17, 15) is 9.18 Å². The maximum atomic E-state index is 12.7. The van der Waals surface area contributed by atoms with Crippen LogP contribution in [0.1, 0.15) is 10.4 Å². The van der Waals surface area contributed by atoms with Gasteiger partial charge in [-0.1, -0.05) is 33.6 Å². The highest BCUT2D eigenvalue weighted by Crippen LogP contribution is 2.17. The van der Waals surface area contributed by atoms with Gasteiger partial charge in [0.15, 0.2) is 5.82 Å². The molecule has 0 heterocycles. The van der Waals surface area contributed by atoms with Gasteiger partial charge in [0.2, 0.25) is 0 Å². The molecule has 0 fully saturated rings. The predicted octanol–water partition coefficient (Wildman–Crippen LogP) is 5.23. The fraction of sp³-hybridized carbons (Fsp3) is 0. The Morgan fingerprint density at radius 1 is 1.21 bits per heavy atom. The SMILES string of the molecule is Brc1ccc(I)cc1.O=C(O)c1cccc(Cl)c1F. The van der Waals surface area contributed by atoms with Gasteiger partial charge < -0.3 is 5.11 Å². The predicted molar refractivity (Wildman–Crippen MR) is 85.2 cm³/mol. The van der Waals surface area contributed by atoms with E-state index < -0.39 is 17.3 Å². The highest BCUT2D eigenvalue weighted by molar-refractivity contribution is 14.1. The number of carbonyl (C=O) groups is 1. The molecule has 2 rings (SSSR count). The Morgan fingerprint density at radius 3 is 2.21 bits per heavy atom. The quantitative estimate of drug-likeness (QED) is 0.596. The van der Waals surface area contributed by atoms with Gasteiger partial charge in [-0.25, -0.2) is 9.18 Å². The lowest BCUT2D eigenvalue weighted by Crippen LogP contribution is -1.99. The van der Waals surface area contributed by atoms with Crippen molar-refractivity contribution in [2.24, 2.45) is 0 Å². The van der Waals surface area contributed by atoms with Crippen LogP contribution in [0, 0.1) is 9.39 Å². The monoisotopic (exact) mass is 456 g/mol. The lowest BCUT2D eigenvalue weighted by molar-refractivity contribution is 0.0692. The molecule has 100 valence electrons. The molecule has 2 aromatic rings. The zero-order valence-electron chi connectivity index (χ0n) is 9.41. The molecular formula is C13H8BrClFIO2. The van der Waals surface area contributed by atoms with Crippen LogP contribution in [-0.2, 0) is 0 Å². The van der Waals surface area contributed by atoms with Crippen molar-refractivity contribution in [1.82, 2.24) is 0 Å². The number of carboxylic acids is 1.